The van der Waals surface area contributed by atoms with Gasteiger partial charge in [0.1, 0.15) is 4.90 Å². The highest BCUT2D eigenvalue weighted by molar-refractivity contribution is 7.89. The molecular weight excluding hydrogens is 448 g/mol. The number of aryl methyl sites for hydroxylation is 1. The van der Waals surface area contributed by atoms with Crippen LogP contribution in [-0.4, -0.2) is 62.7 Å². The second kappa shape index (κ2) is 9.21. The number of sulfonamides is 1. The Hall–Kier alpha value is -2.69. The number of H-pyrrole nitrogens is 1. The largest absolute Gasteiger partial charge is 0.465 e. The smallest absolute Gasteiger partial charge is 0.339 e. The number of benzene rings is 1. The van der Waals surface area contributed by atoms with Crippen molar-refractivity contribution in [3.8, 4) is 0 Å². The Labute approximate surface area is 185 Å². The number of nitrogens with one attached hydrogen (secondary N) is 1. The molecule has 2 rings (SSSR count). The molecule has 1 aromatic carbocycles. The van der Waals surface area contributed by atoms with Gasteiger partial charge in [-0.2, -0.15) is 0 Å². The van der Waals surface area contributed by atoms with Crippen molar-refractivity contribution in [3.05, 3.63) is 51.3 Å². The van der Waals surface area contributed by atoms with Gasteiger partial charge in [-0.3, -0.25) is 4.79 Å². The number of Topliss-reactive ketones (excluding diaryl/α,β-unsaturated/α-hetero) is 1. The fraction of sp³-hybridized carbons (Fsp3) is 0.350. The molecule has 0 saturated carbocycles. The van der Waals surface area contributed by atoms with E-state index in [1.165, 1.54) is 40.3 Å². The molecule has 0 aliphatic heterocycles. The van der Waals surface area contributed by atoms with Gasteiger partial charge >= 0.3 is 11.9 Å². The molecule has 0 spiro atoms. The van der Waals surface area contributed by atoms with Gasteiger partial charge in [0.15, 0.2) is 6.10 Å². The maximum absolute atomic E-state index is 12.8. The minimum atomic E-state index is -3.89. The highest BCUT2D eigenvalue weighted by Gasteiger charge is 2.28. The molecule has 0 radical (unpaired) electrons. The van der Waals surface area contributed by atoms with E-state index in [4.69, 9.17) is 21.1 Å². The number of esters is 2. The Balaban J connectivity index is 2.29. The molecule has 0 aliphatic rings. The molecule has 2 aromatic rings. The van der Waals surface area contributed by atoms with Gasteiger partial charge < -0.3 is 14.5 Å². The van der Waals surface area contributed by atoms with Gasteiger partial charge in [0.05, 0.1) is 29.0 Å². The summed E-state index contributed by atoms with van der Waals surface area (Å²) in [5.74, 6) is -2.05. The molecule has 1 heterocycles. The third kappa shape index (κ3) is 4.81. The molecule has 11 heteroatoms. The number of ether oxygens (including phenoxy) is 2. The number of aromatic amines is 1. The topological polar surface area (TPSA) is 123 Å². The summed E-state index contributed by atoms with van der Waals surface area (Å²) in [5.41, 5.74) is 1.09. The molecular formula is C20H23ClN2O7S. The standard InChI is InChI=1S/C20H23ClN2O7S/c1-10-16(20(26)29-6)11(2)22-17(10)18(24)12(3)30-19(25)13-7-8-14(21)15(9-13)31(27,28)23(4)5/h7-9,12,22H,1-6H3. The molecule has 0 aliphatic carbocycles. The second-order valence-corrected chi connectivity index (χ2v) is 9.49. The summed E-state index contributed by atoms with van der Waals surface area (Å²) in [6, 6.07) is 3.66. The van der Waals surface area contributed by atoms with Gasteiger partial charge in [-0.15, -0.1) is 0 Å². The monoisotopic (exact) mass is 470 g/mol. The predicted octanol–water partition coefficient (Wildman–Crippen LogP) is 2.75. The molecule has 1 atom stereocenters. The van der Waals surface area contributed by atoms with Gasteiger partial charge in [0.25, 0.3) is 0 Å². The van der Waals surface area contributed by atoms with E-state index in [1.807, 2.05) is 0 Å². The summed E-state index contributed by atoms with van der Waals surface area (Å²) in [4.78, 5) is 39.8. The average Bonchev–Trinajstić information content (AvgIpc) is 3.00. The van der Waals surface area contributed by atoms with E-state index in [0.717, 1.165) is 10.4 Å². The maximum Gasteiger partial charge on any atom is 0.339 e. The van der Waals surface area contributed by atoms with E-state index in [-0.39, 0.29) is 26.7 Å². The molecule has 0 amide bonds. The summed E-state index contributed by atoms with van der Waals surface area (Å²) < 4.78 is 35.7. The lowest BCUT2D eigenvalue weighted by Crippen LogP contribution is -2.26. The molecule has 31 heavy (non-hydrogen) atoms. The Kier molecular flexibility index (Phi) is 7.30. The van der Waals surface area contributed by atoms with Crippen LogP contribution in [0.25, 0.3) is 0 Å². The van der Waals surface area contributed by atoms with Gasteiger partial charge in [0, 0.05) is 19.8 Å². The van der Waals surface area contributed by atoms with Gasteiger partial charge in [0.2, 0.25) is 15.8 Å². The van der Waals surface area contributed by atoms with Crippen molar-refractivity contribution in [1.82, 2.24) is 9.29 Å². The van der Waals surface area contributed by atoms with Crippen molar-refractivity contribution in [2.45, 2.75) is 31.8 Å². The number of carbonyl (C=O) groups is 3. The van der Waals surface area contributed by atoms with Crippen LogP contribution in [-0.2, 0) is 19.5 Å². The number of aromatic nitrogens is 1. The average molecular weight is 471 g/mol. The van der Waals surface area contributed by atoms with Crippen LogP contribution >= 0.6 is 11.6 Å². The normalized spacial score (nSPS) is 12.5. The molecule has 1 N–H and O–H groups in total. The lowest BCUT2D eigenvalue weighted by molar-refractivity contribution is 0.0316. The number of rotatable bonds is 7. The molecule has 168 valence electrons. The van der Waals surface area contributed by atoms with Crippen molar-refractivity contribution in [3.63, 3.8) is 0 Å². The van der Waals surface area contributed by atoms with Crippen molar-refractivity contribution < 1.29 is 32.3 Å². The summed E-state index contributed by atoms with van der Waals surface area (Å²) >= 11 is 5.98. The Morgan fingerprint density at radius 3 is 2.29 bits per heavy atom. The zero-order valence-electron chi connectivity index (χ0n) is 17.9. The minimum Gasteiger partial charge on any atom is -0.465 e. The number of halogens is 1. The summed E-state index contributed by atoms with van der Waals surface area (Å²) in [6.45, 7) is 4.57. The number of hydrogen-bond acceptors (Lipinski definition) is 7. The van der Waals surface area contributed by atoms with Crippen molar-refractivity contribution in [2.75, 3.05) is 21.2 Å². The Bertz CT molecular complexity index is 1150. The third-order valence-corrected chi connectivity index (χ3v) is 6.95. The molecule has 0 fully saturated rings. The SMILES string of the molecule is COC(=O)c1c(C)[nH]c(C(=O)C(C)OC(=O)c2ccc(Cl)c(S(=O)(=O)N(C)C)c2)c1C. The van der Waals surface area contributed by atoms with Gasteiger partial charge in [-0.05, 0) is 44.5 Å². The van der Waals surface area contributed by atoms with Crippen LogP contribution in [0.4, 0.5) is 0 Å². The highest BCUT2D eigenvalue weighted by Crippen LogP contribution is 2.26. The number of ketones is 1. The van der Waals surface area contributed by atoms with Crippen molar-refractivity contribution in [2.24, 2.45) is 0 Å². The van der Waals surface area contributed by atoms with E-state index in [0.29, 0.717) is 11.3 Å². The third-order valence-electron chi connectivity index (χ3n) is 4.65. The second-order valence-electron chi connectivity index (χ2n) is 6.96. The van der Waals surface area contributed by atoms with E-state index in [1.54, 1.807) is 13.8 Å². The van der Waals surface area contributed by atoms with Gasteiger partial charge in [-0.1, -0.05) is 11.6 Å². The molecule has 1 aromatic heterocycles. The zero-order chi connectivity index (χ0) is 23.7. The van der Waals surface area contributed by atoms with E-state index >= 15 is 0 Å². The molecule has 0 bridgehead atoms. The number of hydrogen-bond donors (Lipinski definition) is 1. The first-order chi connectivity index (χ1) is 14.3. The zero-order valence-corrected chi connectivity index (χ0v) is 19.5. The summed E-state index contributed by atoms with van der Waals surface area (Å²) in [6.07, 6.45) is -1.21. The van der Waals surface area contributed by atoms with E-state index in [9.17, 15) is 22.8 Å². The Morgan fingerprint density at radius 2 is 1.74 bits per heavy atom. The van der Waals surface area contributed by atoms with Crippen LogP contribution in [0.3, 0.4) is 0 Å². The Morgan fingerprint density at radius 1 is 1.13 bits per heavy atom. The van der Waals surface area contributed by atoms with Gasteiger partial charge in [-0.25, -0.2) is 22.3 Å². The minimum absolute atomic E-state index is 0.0535. The number of carbonyl (C=O) groups excluding carboxylic acids is 3. The first kappa shape index (κ1) is 24.6. The number of nitrogens with zero attached hydrogens (tertiary/aromatic N) is 1. The van der Waals surface area contributed by atoms with Crippen LogP contribution in [0, 0.1) is 13.8 Å². The van der Waals surface area contributed by atoms with Crippen molar-refractivity contribution in [1.29, 1.82) is 0 Å². The quantitative estimate of drug-likeness (QED) is 0.487. The lowest BCUT2D eigenvalue weighted by atomic mass is 10.1. The van der Waals surface area contributed by atoms with Crippen LogP contribution in [0.15, 0.2) is 23.1 Å². The fourth-order valence-electron chi connectivity index (χ4n) is 2.91. The first-order valence-electron chi connectivity index (χ1n) is 9.07. The van der Waals surface area contributed by atoms with Crippen LogP contribution in [0.2, 0.25) is 5.02 Å². The predicted molar refractivity (Wildman–Crippen MR) is 113 cm³/mol. The maximum atomic E-state index is 12.8. The van der Waals surface area contributed by atoms with Crippen LogP contribution in [0.1, 0.15) is 49.4 Å². The lowest BCUT2D eigenvalue weighted by Gasteiger charge is -2.15. The first-order valence-corrected chi connectivity index (χ1v) is 10.9. The fourth-order valence-corrected chi connectivity index (χ4v) is 4.31. The van der Waals surface area contributed by atoms with Crippen LogP contribution in [0.5, 0.6) is 0 Å². The molecule has 1 unspecified atom stereocenters. The summed E-state index contributed by atoms with van der Waals surface area (Å²) in [5, 5.41) is -0.0535. The van der Waals surface area contributed by atoms with E-state index < -0.39 is 33.8 Å². The summed E-state index contributed by atoms with van der Waals surface area (Å²) in [7, 11) is 0.00928. The van der Waals surface area contributed by atoms with Crippen LogP contribution < -0.4 is 0 Å². The van der Waals surface area contributed by atoms with Crippen molar-refractivity contribution >= 4 is 39.3 Å². The molecule has 0 saturated heterocycles. The molecule has 9 nitrogen and oxygen atoms in total. The number of methoxy groups -OCH3 is 1. The highest BCUT2D eigenvalue weighted by atomic mass is 35.5. The van der Waals surface area contributed by atoms with E-state index in [2.05, 4.69) is 4.98 Å².